The summed E-state index contributed by atoms with van der Waals surface area (Å²) in [7, 11) is 0. The molecule has 0 bridgehead atoms. The molecule has 1 N–H and O–H groups in total. The van der Waals surface area contributed by atoms with Gasteiger partial charge in [0.05, 0.1) is 6.54 Å². The SMILES string of the molecule is CCc1nc(Br)cc(NCc2cc(Br)cs2)n1. The van der Waals surface area contributed by atoms with Crippen molar-refractivity contribution in [3.8, 4) is 0 Å². The smallest absolute Gasteiger partial charge is 0.131 e. The molecule has 0 aliphatic heterocycles. The van der Waals surface area contributed by atoms with Crippen molar-refractivity contribution < 1.29 is 0 Å². The lowest BCUT2D eigenvalue weighted by Crippen LogP contribution is -2.03. The van der Waals surface area contributed by atoms with Gasteiger partial charge in [-0.05, 0) is 37.9 Å². The molecule has 3 nitrogen and oxygen atoms in total. The fourth-order valence-corrected chi connectivity index (χ4v) is 3.15. The molecule has 2 rings (SSSR count). The Morgan fingerprint density at radius 2 is 2.12 bits per heavy atom. The van der Waals surface area contributed by atoms with E-state index in [2.05, 4.69) is 58.6 Å². The average molecular weight is 377 g/mol. The van der Waals surface area contributed by atoms with Crippen LogP contribution in [0.5, 0.6) is 0 Å². The maximum absolute atomic E-state index is 4.41. The summed E-state index contributed by atoms with van der Waals surface area (Å²) in [5.74, 6) is 1.70. The Morgan fingerprint density at radius 3 is 2.76 bits per heavy atom. The summed E-state index contributed by atoms with van der Waals surface area (Å²) < 4.78 is 1.94. The van der Waals surface area contributed by atoms with E-state index in [1.807, 2.05) is 13.0 Å². The monoisotopic (exact) mass is 375 g/mol. The number of nitrogens with one attached hydrogen (secondary N) is 1. The van der Waals surface area contributed by atoms with E-state index < -0.39 is 0 Å². The molecule has 2 heterocycles. The van der Waals surface area contributed by atoms with Crippen LogP contribution in [0.25, 0.3) is 0 Å². The van der Waals surface area contributed by atoms with E-state index in [4.69, 9.17) is 0 Å². The third kappa shape index (κ3) is 3.76. The van der Waals surface area contributed by atoms with Crippen molar-refractivity contribution in [1.82, 2.24) is 9.97 Å². The molecule has 0 fully saturated rings. The topological polar surface area (TPSA) is 37.8 Å². The highest BCUT2D eigenvalue weighted by atomic mass is 79.9. The quantitative estimate of drug-likeness (QED) is 0.811. The van der Waals surface area contributed by atoms with Gasteiger partial charge in [0.25, 0.3) is 0 Å². The lowest BCUT2D eigenvalue weighted by atomic mass is 10.4. The summed E-state index contributed by atoms with van der Waals surface area (Å²) in [4.78, 5) is 9.95. The maximum Gasteiger partial charge on any atom is 0.131 e. The number of aromatic nitrogens is 2. The van der Waals surface area contributed by atoms with Crippen LogP contribution in [0.2, 0.25) is 0 Å². The number of anilines is 1. The van der Waals surface area contributed by atoms with Crippen LogP contribution in [0.15, 0.2) is 26.6 Å². The molecule has 0 saturated carbocycles. The molecule has 17 heavy (non-hydrogen) atoms. The number of halogens is 2. The van der Waals surface area contributed by atoms with E-state index >= 15 is 0 Å². The highest BCUT2D eigenvalue weighted by molar-refractivity contribution is 9.10. The Morgan fingerprint density at radius 1 is 1.29 bits per heavy atom. The summed E-state index contributed by atoms with van der Waals surface area (Å²) in [6.07, 6.45) is 0.832. The first-order chi connectivity index (χ1) is 8.17. The molecule has 0 atom stereocenters. The summed E-state index contributed by atoms with van der Waals surface area (Å²) in [6.45, 7) is 2.82. The van der Waals surface area contributed by atoms with Crippen LogP contribution in [0, 0.1) is 0 Å². The van der Waals surface area contributed by atoms with E-state index in [-0.39, 0.29) is 0 Å². The molecule has 0 amide bonds. The highest BCUT2D eigenvalue weighted by Crippen LogP contribution is 2.21. The first-order valence-corrected chi connectivity index (χ1v) is 7.64. The predicted octanol–water partition coefficient (Wildman–Crippen LogP) is 4.24. The van der Waals surface area contributed by atoms with Gasteiger partial charge in [0.1, 0.15) is 16.2 Å². The van der Waals surface area contributed by atoms with Crippen LogP contribution >= 0.6 is 43.2 Å². The number of hydrogen-bond donors (Lipinski definition) is 1. The number of thiophene rings is 1. The lowest BCUT2D eigenvalue weighted by Gasteiger charge is -2.05. The van der Waals surface area contributed by atoms with Crippen LogP contribution < -0.4 is 5.32 Å². The van der Waals surface area contributed by atoms with Crippen LogP contribution in [-0.2, 0) is 13.0 Å². The Balaban J connectivity index is 2.05. The van der Waals surface area contributed by atoms with Crippen molar-refractivity contribution in [1.29, 1.82) is 0 Å². The number of nitrogens with zero attached hydrogens (tertiary/aromatic N) is 2. The molecule has 6 heteroatoms. The summed E-state index contributed by atoms with van der Waals surface area (Å²) in [6, 6.07) is 4.00. The van der Waals surface area contributed by atoms with Crippen molar-refractivity contribution in [2.75, 3.05) is 5.32 Å². The standard InChI is InChI=1S/C11H11Br2N3S/c1-2-10-15-9(13)4-11(16-10)14-5-8-3-7(12)6-17-8/h3-4,6H,2,5H2,1H3,(H,14,15,16). The van der Waals surface area contributed by atoms with Crippen molar-refractivity contribution in [3.63, 3.8) is 0 Å². The first-order valence-electron chi connectivity index (χ1n) is 5.17. The molecule has 0 aliphatic carbocycles. The van der Waals surface area contributed by atoms with Gasteiger partial charge in [-0.25, -0.2) is 9.97 Å². The largest absolute Gasteiger partial charge is 0.365 e. The zero-order chi connectivity index (χ0) is 12.3. The highest BCUT2D eigenvalue weighted by Gasteiger charge is 2.02. The van der Waals surface area contributed by atoms with Gasteiger partial charge in [-0.15, -0.1) is 11.3 Å². The molecule has 2 aromatic rings. The van der Waals surface area contributed by atoms with Gasteiger partial charge in [-0.1, -0.05) is 6.92 Å². The van der Waals surface area contributed by atoms with E-state index in [1.165, 1.54) is 4.88 Å². The Kier molecular flexibility index (Phi) is 4.53. The molecule has 0 aliphatic rings. The molecule has 0 radical (unpaired) electrons. The Labute approximate surface area is 121 Å². The van der Waals surface area contributed by atoms with Gasteiger partial charge in [0.15, 0.2) is 0 Å². The molecule has 0 unspecified atom stereocenters. The van der Waals surface area contributed by atoms with Gasteiger partial charge < -0.3 is 5.32 Å². The molecule has 90 valence electrons. The number of rotatable bonds is 4. The molecule has 0 aromatic carbocycles. The van der Waals surface area contributed by atoms with E-state index in [1.54, 1.807) is 11.3 Å². The van der Waals surface area contributed by atoms with E-state index in [9.17, 15) is 0 Å². The van der Waals surface area contributed by atoms with Gasteiger partial charge in [-0.3, -0.25) is 0 Å². The fraction of sp³-hybridized carbons (Fsp3) is 0.273. The summed E-state index contributed by atoms with van der Waals surface area (Å²) in [5.41, 5.74) is 0. The van der Waals surface area contributed by atoms with E-state index in [0.717, 1.165) is 33.7 Å². The van der Waals surface area contributed by atoms with Crippen LogP contribution in [0.4, 0.5) is 5.82 Å². The minimum Gasteiger partial charge on any atom is -0.365 e. The zero-order valence-electron chi connectivity index (χ0n) is 9.20. The fourth-order valence-electron chi connectivity index (χ4n) is 1.34. The first kappa shape index (κ1) is 13.0. The van der Waals surface area contributed by atoms with Gasteiger partial charge >= 0.3 is 0 Å². The van der Waals surface area contributed by atoms with Gasteiger partial charge in [0, 0.05) is 27.2 Å². The average Bonchev–Trinajstić information content (AvgIpc) is 2.72. The Bertz CT molecular complexity index is 513. The van der Waals surface area contributed by atoms with E-state index in [0.29, 0.717) is 0 Å². The molecular weight excluding hydrogens is 366 g/mol. The van der Waals surface area contributed by atoms with Crippen molar-refractivity contribution >= 4 is 49.0 Å². The summed E-state index contributed by atoms with van der Waals surface area (Å²) >= 11 is 8.55. The number of aryl methyl sites for hydroxylation is 1. The maximum atomic E-state index is 4.41. The van der Waals surface area contributed by atoms with Crippen LogP contribution in [-0.4, -0.2) is 9.97 Å². The van der Waals surface area contributed by atoms with Crippen molar-refractivity contribution in [2.24, 2.45) is 0 Å². The van der Waals surface area contributed by atoms with Crippen molar-refractivity contribution in [2.45, 2.75) is 19.9 Å². The third-order valence-electron chi connectivity index (χ3n) is 2.12. The predicted molar refractivity (Wildman–Crippen MR) is 78.5 cm³/mol. The molecule has 0 spiro atoms. The normalized spacial score (nSPS) is 10.5. The second-order valence-electron chi connectivity index (χ2n) is 3.43. The third-order valence-corrected chi connectivity index (χ3v) is 4.23. The zero-order valence-corrected chi connectivity index (χ0v) is 13.2. The molecular formula is C11H11Br2N3S. The molecule has 0 saturated heterocycles. The lowest BCUT2D eigenvalue weighted by molar-refractivity contribution is 0.923. The Hall–Kier alpha value is -0.460. The second-order valence-corrected chi connectivity index (χ2v) is 6.15. The summed E-state index contributed by atoms with van der Waals surface area (Å²) in [5, 5.41) is 5.37. The minimum atomic E-state index is 0.781. The van der Waals surface area contributed by atoms with Crippen LogP contribution in [0.3, 0.4) is 0 Å². The second kappa shape index (κ2) is 5.93. The van der Waals surface area contributed by atoms with Crippen LogP contribution in [0.1, 0.15) is 17.6 Å². The molecule has 2 aromatic heterocycles. The van der Waals surface area contributed by atoms with Gasteiger partial charge in [0.2, 0.25) is 0 Å². The van der Waals surface area contributed by atoms with Gasteiger partial charge in [-0.2, -0.15) is 0 Å². The minimum absolute atomic E-state index is 0.781. The number of hydrogen-bond acceptors (Lipinski definition) is 4. The van der Waals surface area contributed by atoms with Crippen molar-refractivity contribution in [3.05, 3.63) is 37.3 Å².